The van der Waals surface area contributed by atoms with Gasteiger partial charge < -0.3 is 15.8 Å². The Morgan fingerprint density at radius 3 is 2.75 bits per heavy atom. The first kappa shape index (κ1) is 19.9. The molecule has 1 unspecified atom stereocenters. The molecule has 3 rings (SSSR count). The first-order valence-electron chi connectivity index (χ1n) is 8.11. The van der Waals surface area contributed by atoms with Crippen LogP contribution in [0.1, 0.15) is 29.5 Å². The number of carbonyl (C=O) groups excluding carboxylic acids is 1. The number of hydrogen-bond donors (Lipinski definition) is 2. The van der Waals surface area contributed by atoms with Crippen molar-refractivity contribution in [3.8, 4) is 0 Å². The summed E-state index contributed by atoms with van der Waals surface area (Å²) in [4.78, 5) is 23.6. The third-order valence-electron chi connectivity index (χ3n) is 4.05. The molecule has 0 bridgehead atoms. The molecule has 1 amide bonds. The van der Waals surface area contributed by atoms with Crippen LogP contribution in [-0.4, -0.2) is 34.4 Å². The number of anilines is 1. The highest BCUT2D eigenvalue weighted by atomic mass is 35.5. The minimum absolute atomic E-state index is 0.0163. The zero-order chi connectivity index (χ0) is 20.5. The normalized spacial score (nSPS) is 21.8. The summed E-state index contributed by atoms with van der Waals surface area (Å²) in [7, 11) is 0. The number of hydrogen-bond acceptors (Lipinski definition) is 6. The molecule has 2 aromatic rings. The average molecular weight is 414 g/mol. The smallest absolute Gasteiger partial charge is 0.283 e. The molecule has 1 aliphatic heterocycles. The van der Waals surface area contributed by atoms with Crippen molar-refractivity contribution in [2.24, 2.45) is 10.7 Å². The van der Waals surface area contributed by atoms with Crippen molar-refractivity contribution in [3.63, 3.8) is 0 Å². The van der Waals surface area contributed by atoms with Crippen molar-refractivity contribution < 1.29 is 22.7 Å². The fraction of sp³-hybridized carbons (Fsp3) is 0.294. The maximum absolute atomic E-state index is 14.4. The maximum atomic E-state index is 14.4. The topological polar surface area (TPSA) is 102 Å². The predicted octanol–water partition coefficient (Wildman–Crippen LogP) is 3.11. The van der Waals surface area contributed by atoms with E-state index >= 15 is 0 Å². The van der Waals surface area contributed by atoms with Crippen LogP contribution in [0.4, 0.5) is 19.0 Å². The SMILES string of the molecule is CC1C[C@@](c2nc(NC(=O)c3ccc(Cl)cn3)ccc2F)(C(F)F)N=C(N)O1. The first-order chi connectivity index (χ1) is 13.2. The van der Waals surface area contributed by atoms with Crippen LogP contribution in [0.15, 0.2) is 35.5 Å². The van der Waals surface area contributed by atoms with E-state index in [9.17, 15) is 18.0 Å². The molecule has 0 saturated heterocycles. The summed E-state index contributed by atoms with van der Waals surface area (Å²) in [6, 6.07) is 4.40. The van der Waals surface area contributed by atoms with Crippen molar-refractivity contribution in [2.75, 3.05) is 5.32 Å². The standard InChI is InChI=1S/C17H15ClF3N5O2/c1-8-6-17(15(20)21,26-16(22)28-8)13-10(19)3-5-12(24-13)25-14(27)11-4-2-9(18)7-23-11/h2-5,7-8,15H,6H2,1H3,(H2,22,26)(H,24,25,27)/t8?,17-/m1/s1. The largest absolute Gasteiger partial charge is 0.462 e. The third kappa shape index (κ3) is 3.86. The number of carbonyl (C=O) groups is 1. The second kappa shape index (κ2) is 7.63. The van der Waals surface area contributed by atoms with Crippen molar-refractivity contribution in [3.05, 3.63) is 52.7 Å². The molecule has 0 aromatic carbocycles. The number of nitrogens with zero attached hydrogens (tertiary/aromatic N) is 3. The maximum Gasteiger partial charge on any atom is 0.283 e. The molecule has 0 radical (unpaired) electrons. The Balaban J connectivity index is 1.97. The van der Waals surface area contributed by atoms with Crippen molar-refractivity contribution >= 4 is 29.3 Å². The van der Waals surface area contributed by atoms with Gasteiger partial charge in [0.05, 0.1) is 5.02 Å². The zero-order valence-corrected chi connectivity index (χ0v) is 15.3. The number of aliphatic imine (C=N–C) groups is 1. The van der Waals surface area contributed by atoms with E-state index in [1.807, 2.05) is 0 Å². The highest BCUT2D eigenvalue weighted by Crippen LogP contribution is 2.40. The molecule has 148 valence electrons. The predicted molar refractivity (Wildman–Crippen MR) is 95.9 cm³/mol. The summed E-state index contributed by atoms with van der Waals surface area (Å²) in [5.41, 5.74) is 2.54. The van der Waals surface area contributed by atoms with Gasteiger partial charge in [0, 0.05) is 12.6 Å². The molecule has 11 heteroatoms. The quantitative estimate of drug-likeness (QED) is 0.801. The molecule has 0 saturated carbocycles. The lowest BCUT2D eigenvalue weighted by atomic mass is 9.88. The van der Waals surface area contributed by atoms with E-state index < -0.39 is 41.5 Å². The second-order valence-electron chi connectivity index (χ2n) is 6.15. The van der Waals surface area contributed by atoms with E-state index in [2.05, 4.69) is 20.3 Å². The van der Waals surface area contributed by atoms with Crippen LogP contribution >= 0.6 is 11.6 Å². The van der Waals surface area contributed by atoms with Gasteiger partial charge in [0.25, 0.3) is 18.4 Å². The van der Waals surface area contributed by atoms with Crippen molar-refractivity contribution in [1.82, 2.24) is 9.97 Å². The van der Waals surface area contributed by atoms with Gasteiger partial charge in [-0.1, -0.05) is 11.6 Å². The summed E-state index contributed by atoms with van der Waals surface area (Å²) in [6.45, 7) is 1.51. The average Bonchev–Trinajstić information content (AvgIpc) is 2.62. The monoisotopic (exact) mass is 413 g/mol. The van der Waals surface area contributed by atoms with Crippen molar-refractivity contribution in [2.45, 2.75) is 31.4 Å². The molecular formula is C17H15ClF3N5O2. The fourth-order valence-electron chi connectivity index (χ4n) is 2.85. The van der Waals surface area contributed by atoms with Crippen LogP contribution in [0.2, 0.25) is 5.02 Å². The number of alkyl halides is 2. The van der Waals surface area contributed by atoms with Crippen LogP contribution in [0.3, 0.4) is 0 Å². The van der Waals surface area contributed by atoms with E-state index in [4.69, 9.17) is 22.1 Å². The molecule has 2 aromatic heterocycles. The Morgan fingerprint density at radius 2 is 2.14 bits per heavy atom. The number of halogens is 4. The van der Waals surface area contributed by atoms with Crippen LogP contribution < -0.4 is 11.1 Å². The number of ether oxygens (including phenoxy) is 1. The Labute approximate surface area is 162 Å². The number of amidine groups is 1. The highest BCUT2D eigenvalue weighted by Gasteiger charge is 2.49. The van der Waals surface area contributed by atoms with Gasteiger partial charge in [-0.2, -0.15) is 0 Å². The van der Waals surface area contributed by atoms with Crippen LogP contribution in [0.5, 0.6) is 0 Å². The van der Waals surface area contributed by atoms with E-state index in [0.717, 1.165) is 12.1 Å². The Hall–Kier alpha value is -2.88. The van der Waals surface area contributed by atoms with Gasteiger partial charge in [-0.15, -0.1) is 0 Å². The molecule has 1 aliphatic rings. The lowest BCUT2D eigenvalue weighted by molar-refractivity contribution is 0.00296. The van der Waals surface area contributed by atoms with Gasteiger partial charge in [-0.05, 0) is 31.2 Å². The summed E-state index contributed by atoms with van der Waals surface area (Å²) < 4.78 is 47.4. The molecule has 28 heavy (non-hydrogen) atoms. The van der Waals surface area contributed by atoms with E-state index in [0.29, 0.717) is 5.02 Å². The molecule has 0 spiro atoms. The van der Waals surface area contributed by atoms with Crippen molar-refractivity contribution in [1.29, 1.82) is 0 Å². The highest BCUT2D eigenvalue weighted by molar-refractivity contribution is 6.30. The van der Waals surface area contributed by atoms with Gasteiger partial charge in [0.2, 0.25) is 0 Å². The summed E-state index contributed by atoms with van der Waals surface area (Å²) >= 11 is 5.72. The van der Waals surface area contributed by atoms with Gasteiger partial charge in [0.1, 0.15) is 29.1 Å². The molecule has 3 heterocycles. The summed E-state index contributed by atoms with van der Waals surface area (Å²) in [5, 5.41) is 2.72. The Morgan fingerprint density at radius 1 is 1.39 bits per heavy atom. The summed E-state index contributed by atoms with van der Waals surface area (Å²) in [6.07, 6.45) is -2.91. The van der Waals surface area contributed by atoms with Gasteiger partial charge in [0.15, 0.2) is 5.54 Å². The van der Waals surface area contributed by atoms with E-state index in [-0.39, 0.29) is 17.9 Å². The van der Waals surface area contributed by atoms with Crippen LogP contribution in [0, 0.1) is 5.82 Å². The zero-order valence-electron chi connectivity index (χ0n) is 14.5. The van der Waals surface area contributed by atoms with Gasteiger partial charge >= 0.3 is 0 Å². The third-order valence-corrected chi connectivity index (χ3v) is 4.27. The first-order valence-corrected chi connectivity index (χ1v) is 8.49. The Bertz CT molecular complexity index is 926. The lowest BCUT2D eigenvalue weighted by Gasteiger charge is -2.35. The minimum Gasteiger partial charge on any atom is -0.462 e. The molecule has 3 N–H and O–H groups in total. The molecular weight excluding hydrogens is 399 g/mol. The van der Waals surface area contributed by atoms with E-state index in [1.165, 1.54) is 25.3 Å². The number of aromatic nitrogens is 2. The number of amides is 1. The van der Waals surface area contributed by atoms with Crippen LogP contribution in [0.25, 0.3) is 0 Å². The minimum atomic E-state index is -3.11. The van der Waals surface area contributed by atoms with Gasteiger partial charge in [-0.3, -0.25) is 4.79 Å². The molecule has 2 atom stereocenters. The number of rotatable bonds is 4. The second-order valence-corrected chi connectivity index (χ2v) is 6.59. The van der Waals surface area contributed by atoms with Gasteiger partial charge in [-0.25, -0.2) is 28.1 Å². The lowest BCUT2D eigenvalue weighted by Crippen LogP contribution is -2.45. The molecule has 0 aliphatic carbocycles. The fourth-order valence-corrected chi connectivity index (χ4v) is 2.96. The van der Waals surface area contributed by atoms with E-state index in [1.54, 1.807) is 0 Å². The van der Waals surface area contributed by atoms with Crippen LogP contribution in [-0.2, 0) is 10.3 Å². The number of pyridine rings is 2. The molecule has 0 fully saturated rings. The summed E-state index contributed by atoms with van der Waals surface area (Å²) in [5.74, 6) is -1.82. The number of nitrogens with two attached hydrogens (primary N) is 1. The Kier molecular flexibility index (Phi) is 5.41. The molecule has 7 nitrogen and oxygen atoms in total. The number of nitrogens with one attached hydrogen (secondary N) is 1.